The van der Waals surface area contributed by atoms with E-state index in [0.717, 1.165) is 14.7 Å². The number of aryl methyl sites for hydroxylation is 1. The normalized spacial score (nSPS) is 17.1. The minimum absolute atomic E-state index is 0.159. The minimum atomic E-state index is -1.34. The lowest BCUT2D eigenvalue weighted by Crippen LogP contribution is -2.58. The van der Waals surface area contributed by atoms with Crippen LogP contribution >= 0.6 is 22.6 Å². The zero-order valence-electron chi connectivity index (χ0n) is 14.5. The van der Waals surface area contributed by atoms with Gasteiger partial charge in [0.15, 0.2) is 5.92 Å². The van der Waals surface area contributed by atoms with Crippen LogP contribution in [0.15, 0.2) is 47.5 Å². The van der Waals surface area contributed by atoms with Gasteiger partial charge in [0.2, 0.25) is 5.91 Å². The van der Waals surface area contributed by atoms with Gasteiger partial charge < -0.3 is 0 Å². The first-order valence-electron chi connectivity index (χ1n) is 8.01. The van der Waals surface area contributed by atoms with Gasteiger partial charge in [0.05, 0.1) is 16.3 Å². The molecule has 2 aromatic carbocycles. The summed E-state index contributed by atoms with van der Waals surface area (Å²) in [5, 5.41) is 13.1. The summed E-state index contributed by atoms with van der Waals surface area (Å²) < 4.78 is 0.918. The highest BCUT2D eigenvalue weighted by Gasteiger charge is 2.40. The predicted octanol–water partition coefficient (Wildman–Crippen LogP) is 3.11. The van der Waals surface area contributed by atoms with E-state index in [9.17, 15) is 24.5 Å². The van der Waals surface area contributed by atoms with Gasteiger partial charge in [0, 0.05) is 21.9 Å². The Morgan fingerprint density at radius 2 is 1.86 bits per heavy atom. The second kappa shape index (κ2) is 7.84. The summed E-state index contributed by atoms with van der Waals surface area (Å²) in [7, 11) is 0. The minimum Gasteiger partial charge on any atom is -0.276 e. The number of nitro benzene ring substituents is 1. The number of halogens is 1. The first-order valence-corrected chi connectivity index (χ1v) is 9.09. The molecule has 9 nitrogen and oxygen atoms in total. The molecule has 1 saturated heterocycles. The van der Waals surface area contributed by atoms with E-state index in [1.54, 1.807) is 31.2 Å². The molecule has 2 aromatic rings. The molecule has 1 fully saturated rings. The standard InChI is InChI=1S/C18H13IN4O5/c1-10-2-5-13(23(27)28)8-15(10)20-9-14-16(24)21-18(26)22(17(14)25)12-6-3-11(19)4-7-12/h2-9,14H,1H3,(H,21,24,26)/t14-/m0/s1. The predicted molar refractivity (Wildman–Crippen MR) is 110 cm³/mol. The molecular weight excluding hydrogens is 479 g/mol. The van der Waals surface area contributed by atoms with Crippen molar-refractivity contribution in [1.29, 1.82) is 0 Å². The lowest BCUT2D eigenvalue weighted by molar-refractivity contribution is -0.384. The van der Waals surface area contributed by atoms with E-state index < -0.39 is 28.7 Å². The van der Waals surface area contributed by atoms with Crippen LogP contribution in [0.4, 0.5) is 21.9 Å². The third-order valence-corrected chi connectivity index (χ3v) is 4.77. The Bertz CT molecular complexity index is 1020. The van der Waals surface area contributed by atoms with Crippen LogP contribution in [0.25, 0.3) is 0 Å². The third-order valence-electron chi connectivity index (χ3n) is 4.05. The number of imide groups is 2. The summed E-state index contributed by atoms with van der Waals surface area (Å²) in [5.74, 6) is -2.89. The summed E-state index contributed by atoms with van der Waals surface area (Å²) in [6, 6.07) is 9.90. The average Bonchev–Trinajstić information content (AvgIpc) is 2.64. The number of hydrogen-bond donors (Lipinski definition) is 1. The number of nitrogens with one attached hydrogen (secondary N) is 1. The van der Waals surface area contributed by atoms with Crippen LogP contribution in [0, 0.1) is 26.5 Å². The number of carbonyl (C=O) groups excluding carboxylic acids is 3. The number of amides is 4. The summed E-state index contributed by atoms with van der Waals surface area (Å²) in [6.07, 6.45) is 1.09. The maximum absolute atomic E-state index is 12.8. The molecule has 0 aliphatic carbocycles. The fourth-order valence-corrected chi connectivity index (χ4v) is 2.92. The smallest absolute Gasteiger partial charge is 0.276 e. The molecule has 0 radical (unpaired) electrons. The molecule has 1 atom stereocenters. The van der Waals surface area contributed by atoms with Gasteiger partial charge in [-0.1, -0.05) is 6.07 Å². The summed E-state index contributed by atoms with van der Waals surface area (Å²) in [4.78, 5) is 52.4. The summed E-state index contributed by atoms with van der Waals surface area (Å²) in [6.45, 7) is 1.70. The molecule has 1 aliphatic heterocycles. The number of non-ortho nitro benzene ring substituents is 1. The first-order chi connectivity index (χ1) is 13.3. The van der Waals surface area contributed by atoms with E-state index in [0.29, 0.717) is 11.3 Å². The molecule has 10 heteroatoms. The van der Waals surface area contributed by atoms with Gasteiger partial charge in [-0.15, -0.1) is 0 Å². The Kier molecular flexibility index (Phi) is 5.49. The van der Waals surface area contributed by atoms with Crippen LogP contribution in [-0.2, 0) is 9.59 Å². The molecule has 1 N–H and O–H groups in total. The van der Waals surface area contributed by atoms with Crippen LogP contribution in [0.3, 0.4) is 0 Å². The molecule has 28 heavy (non-hydrogen) atoms. The number of barbiturate groups is 1. The van der Waals surface area contributed by atoms with Crippen molar-refractivity contribution in [1.82, 2.24) is 5.32 Å². The van der Waals surface area contributed by atoms with E-state index in [1.807, 2.05) is 0 Å². The summed E-state index contributed by atoms with van der Waals surface area (Å²) >= 11 is 2.09. The van der Waals surface area contributed by atoms with Gasteiger partial charge in [-0.05, 0) is 59.3 Å². The Morgan fingerprint density at radius 1 is 1.18 bits per heavy atom. The van der Waals surface area contributed by atoms with Crippen molar-refractivity contribution in [2.75, 3.05) is 4.90 Å². The lowest BCUT2D eigenvalue weighted by Gasteiger charge is -2.28. The van der Waals surface area contributed by atoms with Crippen molar-refractivity contribution < 1.29 is 19.3 Å². The third kappa shape index (κ3) is 3.91. The molecule has 0 aromatic heterocycles. The topological polar surface area (TPSA) is 122 Å². The maximum Gasteiger partial charge on any atom is 0.335 e. The van der Waals surface area contributed by atoms with E-state index in [4.69, 9.17) is 0 Å². The number of anilines is 1. The quantitative estimate of drug-likeness (QED) is 0.231. The van der Waals surface area contributed by atoms with E-state index in [2.05, 4.69) is 32.9 Å². The molecular formula is C18H13IN4O5. The number of nitro groups is 1. The van der Waals surface area contributed by atoms with Crippen LogP contribution < -0.4 is 10.2 Å². The molecule has 0 bridgehead atoms. The number of carbonyl (C=O) groups is 3. The number of rotatable bonds is 4. The number of aliphatic imine (C=N–C) groups is 1. The van der Waals surface area contributed by atoms with Crippen molar-refractivity contribution in [2.24, 2.45) is 10.9 Å². The van der Waals surface area contributed by atoms with Gasteiger partial charge in [0.25, 0.3) is 11.6 Å². The van der Waals surface area contributed by atoms with E-state index in [1.165, 1.54) is 18.2 Å². The van der Waals surface area contributed by atoms with Crippen molar-refractivity contribution in [3.63, 3.8) is 0 Å². The van der Waals surface area contributed by atoms with Gasteiger partial charge in [-0.3, -0.25) is 30.0 Å². The van der Waals surface area contributed by atoms with Crippen molar-refractivity contribution in [3.8, 4) is 0 Å². The second-order valence-electron chi connectivity index (χ2n) is 5.93. The van der Waals surface area contributed by atoms with Gasteiger partial charge in [-0.2, -0.15) is 0 Å². The zero-order chi connectivity index (χ0) is 20.4. The molecule has 3 rings (SSSR count). The first kappa shape index (κ1) is 19.6. The Hall–Kier alpha value is -3.15. The molecule has 4 amide bonds. The molecule has 1 heterocycles. The molecule has 0 unspecified atom stereocenters. The van der Waals surface area contributed by atoms with Gasteiger partial charge in [-0.25, -0.2) is 9.69 Å². The highest BCUT2D eigenvalue weighted by atomic mass is 127. The molecule has 1 aliphatic rings. The highest BCUT2D eigenvalue weighted by molar-refractivity contribution is 14.1. The summed E-state index contributed by atoms with van der Waals surface area (Å²) in [5.41, 5.74) is 1.05. The van der Waals surface area contributed by atoms with Crippen LogP contribution in [0.5, 0.6) is 0 Å². The monoisotopic (exact) mass is 492 g/mol. The van der Waals surface area contributed by atoms with Crippen LogP contribution in [0.1, 0.15) is 5.56 Å². The maximum atomic E-state index is 12.8. The fourth-order valence-electron chi connectivity index (χ4n) is 2.56. The zero-order valence-corrected chi connectivity index (χ0v) is 16.6. The number of benzene rings is 2. The molecule has 142 valence electrons. The van der Waals surface area contributed by atoms with Crippen molar-refractivity contribution in [2.45, 2.75) is 6.92 Å². The van der Waals surface area contributed by atoms with E-state index in [-0.39, 0.29) is 11.4 Å². The van der Waals surface area contributed by atoms with Crippen LogP contribution in [0.2, 0.25) is 0 Å². The molecule has 0 spiro atoms. The Balaban J connectivity index is 1.92. The SMILES string of the molecule is Cc1ccc([N+](=O)[O-])cc1N=C[C@H]1C(=O)NC(=O)N(c2ccc(I)cc2)C1=O. The Labute approximate surface area is 172 Å². The van der Waals surface area contributed by atoms with Gasteiger partial charge in [0.1, 0.15) is 0 Å². The van der Waals surface area contributed by atoms with Crippen LogP contribution in [-0.4, -0.2) is 29.0 Å². The lowest BCUT2D eigenvalue weighted by atomic mass is 10.1. The largest absolute Gasteiger partial charge is 0.335 e. The van der Waals surface area contributed by atoms with Crippen molar-refractivity contribution >= 4 is 63.7 Å². The molecule has 0 saturated carbocycles. The van der Waals surface area contributed by atoms with Crippen molar-refractivity contribution in [3.05, 3.63) is 61.7 Å². The Morgan fingerprint density at radius 3 is 2.50 bits per heavy atom. The number of urea groups is 1. The fraction of sp³-hybridized carbons (Fsp3) is 0.111. The highest BCUT2D eigenvalue weighted by Crippen LogP contribution is 2.26. The average molecular weight is 492 g/mol. The number of hydrogen-bond acceptors (Lipinski definition) is 6. The van der Waals surface area contributed by atoms with E-state index >= 15 is 0 Å². The number of nitrogens with zero attached hydrogens (tertiary/aromatic N) is 3. The second-order valence-corrected chi connectivity index (χ2v) is 7.17. The van der Waals surface area contributed by atoms with Gasteiger partial charge >= 0.3 is 6.03 Å².